The lowest BCUT2D eigenvalue weighted by atomic mass is 10.0. The van der Waals surface area contributed by atoms with Crippen LogP contribution in [0.15, 0.2) is 36.4 Å². The quantitative estimate of drug-likeness (QED) is 0.922. The van der Waals surface area contributed by atoms with Gasteiger partial charge < -0.3 is 10.2 Å². The molecule has 0 spiro atoms. The molecule has 2 aliphatic rings. The van der Waals surface area contributed by atoms with Gasteiger partial charge in [-0.3, -0.25) is 9.59 Å². The Hall–Kier alpha value is -2.62. The molecule has 1 heterocycles. The van der Waals surface area contributed by atoms with Crippen molar-refractivity contribution in [3.05, 3.63) is 58.7 Å². The van der Waals surface area contributed by atoms with Gasteiger partial charge in [0.25, 0.3) is 5.91 Å². The Labute approximate surface area is 141 Å². The third-order valence-corrected chi connectivity index (χ3v) is 5.07. The van der Waals surface area contributed by atoms with Crippen molar-refractivity contribution in [3.8, 4) is 0 Å². The molecule has 0 radical (unpaired) electrons. The molecule has 1 N–H and O–H groups in total. The number of nitrogens with one attached hydrogen (secondary N) is 1. The molecule has 4 heteroatoms. The highest BCUT2D eigenvalue weighted by molar-refractivity contribution is 6.06. The lowest BCUT2D eigenvalue weighted by Gasteiger charge is -2.26. The van der Waals surface area contributed by atoms with Crippen LogP contribution in [0.3, 0.4) is 0 Å². The Morgan fingerprint density at radius 3 is 2.79 bits per heavy atom. The fourth-order valence-electron chi connectivity index (χ4n) is 3.77. The SMILES string of the molecule is CN1C(=O)CCc2cc(NC(=O)c3cccc4c3CCC4)ccc21. The summed E-state index contributed by atoms with van der Waals surface area (Å²) in [5.41, 5.74) is 6.11. The summed E-state index contributed by atoms with van der Waals surface area (Å²) in [6.45, 7) is 0. The Morgan fingerprint density at radius 2 is 1.92 bits per heavy atom. The predicted molar refractivity (Wildman–Crippen MR) is 94.6 cm³/mol. The van der Waals surface area contributed by atoms with Crippen molar-refractivity contribution in [2.45, 2.75) is 32.1 Å². The number of hydrogen-bond acceptors (Lipinski definition) is 2. The molecule has 4 nitrogen and oxygen atoms in total. The van der Waals surface area contributed by atoms with E-state index in [1.807, 2.05) is 30.3 Å². The molecule has 0 atom stereocenters. The van der Waals surface area contributed by atoms with Crippen LogP contribution < -0.4 is 10.2 Å². The maximum absolute atomic E-state index is 12.7. The summed E-state index contributed by atoms with van der Waals surface area (Å²) in [4.78, 5) is 26.1. The van der Waals surface area contributed by atoms with Gasteiger partial charge in [0.05, 0.1) is 0 Å². The number of fused-ring (bicyclic) bond motifs is 2. The molecular weight excluding hydrogens is 300 g/mol. The molecule has 1 aliphatic heterocycles. The van der Waals surface area contributed by atoms with Crippen LogP contribution in [0.4, 0.5) is 11.4 Å². The number of amides is 2. The number of benzene rings is 2. The number of anilines is 2. The van der Waals surface area contributed by atoms with Crippen LogP contribution in [-0.4, -0.2) is 18.9 Å². The summed E-state index contributed by atoms with van der Waals surface area (Å²) < 4.78 is 0. The number of aryl methyl sites for hydroxylation is 2. The molecule has 122 valence electrons. The van der Waals surface area contributed by atoms with E-state index in [1.54, 1.807) is 11.9 Å². The lowest BCUT2D eigenvalue weighted by Crippen LogP contribution is -2.31. The fourth-order valence-corrected chi connectivity index (χ4v) is 3.77. The molecule has 4 rings (SSSR count). The van der Waals surface area contributed by atoms with Gasteiger partial charge in [0, 0.05) is 30.4 Å². The van der Waals surface area contributed by atoms with Crippen LogP contribution in [0.5, 0.6) is 0 Å². The van der Waals surface area contributed by atoms with Gasteiger partial charge in [-0.25, -0.2) is 0 Å². The Kier molecular flexibility index (Phi) is 3.60. The first-order valence-electron chi connectivity index (χ1n) is 8.45. The van der Waals surface area contributed by atoms with Crippen molar-refractivity contribution in [2.24, 2.45) is 0 Å². The standard InChI is InChI=1S/C20H20N2O2/c1-22-18-10-9-15(12-14(18)8-11-19(22)23)21-20(24)17-7-3-5-13-4-2-6-16(13)17/h3,5,7,9-10,12H,2,4,6,8,11H2,1H3,(H,21,24). The van der Waals surface area contributed by atoms with E-state index in [9.17, 15) is 9.59 Å². The third-order valence-electron chi connectivity index (χ3n) is 5.07. The van der Waals surface area contributed by atoms with Crippen LogP contribution in [0.1, 0.15) is 39.9 Å². The van der Waals surface area contributed by atoms with Gasteiger partial charge in [0.2, 0.25) is 5.91 Å². The average Bonchev–Trinajstić information content (AvgIpc) is 3.07. The van der Waals surface area contributed by atoms with Crippen molar-refractivity contribution in [3.63, 3.8) is 0 Å². The zero-order valence-electron chi connectivity index (χ0n) is 13.8. The lowest BCUT2D eigenvalue weighted by molar-refractivity contribution is -0.118. The van der Waals surface area contributed by atoms with Crippen LogP contribution in [0, 0.1) is 0 Å². The van der Waals surface area contributed by atoms with Gasteiger partial charge in [0.1, 0.15) is 0 Å². The predicted octanol–water partition coefficient (Wildman–Crippen LogP) is 3.34. The molecule has 2 aromatic rings. The summed E-state index contributed by atoms with van der Waals surface area (Å²) in [6.07, 6.45) is 4.42. The van der Waals surface area contributed by atoms with Gasteiger partial charge >= 0.3 is 0 Å². The maximum Gasteiger partial charge on any atom is 0.255 e. The minimum absolute atomic E-state index is 0.0473. The smallest absolute Gasteiger partial charge is 0.255 e. The molecule has 0 fully saturated rings. The summed E-state index contributed by atoms with van der Waals surface area (Å²) in [5.74, 6) is 0.0908. The van der Waals surface area contributed by atoms with E-state index in [-0.39, 0.29) is 11.8 Å². The van der Waals surface area contributed by atoms with Gasteiger partial charge in [-0.2, -0.15) is 0 Å². The fraction of sp³-hybridized carbons (Fsp3) is 0.300. The number of carbonyl (C=O) groups excluding carboxylic acids is 2. The van der Waals surface area contributed by atoms with Crippen molar-refractivity contribution >= 4 is 23.2 Å². The van der Waals surface area contributed by atoms with Crippen LogP contribution in [0.2, 0.25) is 0 Å². The van der Waals surface area contributed by atoms with E-state index in [1.165, 1.54) is 11.1 Å². The second-order valence-corrected chi connectivity index (χ2v) is 6.55. The molecule has 2 amide bonds. The summed E-state index contributed by atoms with van der Waals surface area (Å²) in [6, 6.07) is 11.8. The van der Waals surface area contributed by atoms with Gasteiger partial charge in [-0.05, 0) is 66.6 Å². The molecule has 0 aromatic heterocycles. The highest BCUT2D eigenvalue weighted by Gasteiger charge is 2.22. The average molecular weight is 320 g/mol. The Morgan fingerprint density at radius 1 is 1.04 bits per heavy atom. The van der Waals surface area contributed by atoms with Crippen molar-refractivity contribution in [1.29, 1.82) is 0 Å². The van der Waals surface area contributed by atoms with E-state index >= 15 is 0 Å². The van der Waals surface area contributed by atoms with E-state index in [2.05, 4.69) is 11.4 Å². The molecule has 0 saturated carbocycles. The normalized spacial score (nSPS) is 15.9. The largest absolute Gasteiger partial charge is 0.322 e. The van der Waals surface area contributed by atoms with Crippen LogP contribution in [-0.2, 0) is 24.1 Å². The summed E-state index contributed by atoms with van der Waals surface area (Å²) in [5, 5.41) is 3.02. The molecule has 24 heavy (non-hydrogen) atoms. The number of hydrogen-bond donors (Lipinski definition) is 1. The van der Waals surface area contributed by atoms with Crippen molar-refractivity contribution < 1.29 is 9.59 Å². The monoisotopic (exact) mass is 320 g/mol. The molecule has 0 saturated heterocycles. The highest BCUT2D eigenvalue weighted by atomic mass is 16.2. The summed E-state index contributed by atoms with van der Waals surface area (Å²) in [7, 11) is 1.80. The minimum Gasteiger partial charge on any atom is -0.322 e. The first-order valence-corrected chi connectivity index (χ1v) is 8.45. The van der Waals surface area contributed by atoms with Crippen LogP contribution >= 0.6 is 0 Å². The first-order chi connectivity index (χ1) is 11.6. The Balaban J connectivity index is 1.59. The molecular formula is C20H20N2O2. The van der Waals surface area contributed by atoms with Gasteiger partial charge in [-0.15, -0.1) is 0 Å². The minimum atomic E-state index is -0.0473. The van der Waals surface area contributed by atoms with Gasteiger partial charge in [-0.1, -0.05) is 12.1 Å². The second-order valence-electron chi connectivity index (χ2n) is 6.55. The summed E-state index contributed by atoms with van der Waals surface area (Å²) >= 11 is 0. The van der Waals surface area contributed by atoms with Crippen molar-refractivity contribution in [2.75, 3.05) is 17.3 Å². The molecule has 0 unspecified atom stereocenters. The number of carbonyl (C=O) groups is 2. The highest BCUT2D eigenvalue weighted by Crippen LogP contribution is 2.30. The van der Waals surface area contributed by atoms with E-state index < -0.39 is 0 Å². The van der Waals surface area contributed by atoms with E-state index in [0.717, 1.165) is 48.2 Å². The number of rotatable bonds is 2. The van der Waals surface area contributed by atoms with Crippen LogP contribution in [0.25, 0.3) is 0 Å². The number of nitrogens with zero attached hydrogens (tertiary/aromatic N) is 1. The van der Waals surface area contributed by atoms with Gasteiger partial charge in [0.15, 0.2) is 0 Å². The molecule has 1 aliphatic carbocycles. The van der Waals surface area contributed by atoms with E-state index in [0.29, 0.717) is 6.42 Å². The van der Waals surface area contributed by atoms with Crippen molar-refractivity contribution in [1.82, 2.24) is 0 Å². The Bertz CT molecular complexity index is 842. The zero-order valence-corrected chi connectivity index (χ0v) is 13.8. The third kappa shape index (κ3) is 2.48. The van der Waals surface area contributed by atoms with E-state index in [4.69, 9.17) is 0 Å². The molecule has 2 aromatic carbocycles. The zero-order chi connectivity index (χ0) is 16.7. The molecule has 0 bridgehead atoms. The second kappa shape index (κ2) is 5.78. The maximum atomic E-state index is 12.7. The first kappa shape index (κ1) is 14.9. The topological polar surface area (TPSA) is 49.4 Å².